The Labute approximate surface area is 108 Å². The van der Waals surface area contributed by atoms with E-state index < -0.39 is 0 Å². The SMILES string of the molecule is Cl.c1ccc2c([C@@]34CNC[C@@H]3C4)cccc2c1. The van der Waals surface area contributed by atoms with E-state index in [1.165, 1.54) is 30.3 Å². The van der Waals surface area contributed by atoms with Crippen LogP contribution in [0.3, 0.4) is 0 Å². The quantitative estimate of drug-likeness (QED) is 0.814. The Morgan fingerprint density at radius 1 is 1.06 bits per heavy atom. The van der Waals surface area contributed by atoms with Crippen LogP contribution >= 0.6 is 12.4 Å². The zero-order chi connectivity index (χ0) is 10.6. The minimum absolute atomic E-state index is 0. The molecule has 4 rings (SSSR count). The van der Waals surface area contributed by atoms with E-state index in [1.807, 2.05) is 0 Å². The summed E-state index contributed by atoms with van der Waals surface area (Å²) >= 11 is 0. The molecular weight excluding hydrogens is 230 g/mol. The molecule has 2 atom stereocenters. The second-order valence-corrected chi connectivity index (χ2v) is 5.21. The summed E-state index contributed by atoms with van der Waals surface area (Å²) in [5.74, 6) is 0.887. The van der Waals surface area contributed by atoms with Crippen molar-refractivity contribution in [3.63, 3.8) is 0 Å². The van der Waals surface area contributed by atoms with Gasteiger partial charge in [0.25, 0.3) is 0 Å². The Hall–Kier alpha value is -1.05. The summed E-state index contributed by atoms with van der Waals surface area (Å²) in [6, 6.07) is 15.5. The number of hydrogen-bond acceptors (Lipinski definition) is 1. The molecule has 2 heteroatoms. The van der Waals surface area contributed by atoms with E-state index in [4.69, 9.17) is 0 Å². The summed E-state index contributed by atoms with van der Waals surface area (Å²) in [5, 5.41) is 6.36. The average molecular weight is 246 g/mol. The topological polar surface area (TPSA) is 12.0 Å². The molecule has 1 saturated carbocycles. The Morgan fingerprint density at radius 2 is 1.88 bits per heavy atom. The van der Waals surface area contributed by atoms with Gasteiger partial charge in [-0.05, 0) is 35.2 Å². The van der Waals surface area contributed by atoms with Gasteiger partial charge in [0.2, 0.25) is 0 Å². The summed E-state index contributed by atoms with van der Waals surface area (Å²) in [7, 11) is 0. The molecule has 17 heavy (non-hydrogen) atoms. The highest BCUT2D eigenvalue weighted by atomic mass is 35.5. The van der Waals surface area contributed by atoms with Crippen LogP contribution in [-0.2, 0) is 5.41 Å². The summed E-state index contributed by atoms with van der Waals surface area (Å²) in [4.78, 5) is 0. The van der Waals surface area contributed by atoms with Gasteiger partial charge in [-0.15, -0.1) is 12.4 Å². The molecule has 0 unspecified atom stereocenters. The molecule has 1 N–H and O–H groups in total. The van der Waals surface area contributed by atoms with E-state index in [0.717, 1.165) is 5.92 Å². The fraction of sp³-hybridized carbons (Fsp3) is 0.333. The van der Waals surface area contributed by atoms with E-state index >= 15 is 0 Å². The van der Waals surface area contributed by atoms with Crippen LogP contribution in [-0.4, -0.2) is 13.1 Å². The lowest BCUT2D eigenvalue weighted by molar-refractivity contribution is 0.680. The molecule has 2 fully saturated rings. The predicted molar refractivity (Wildman–Crippen MR) is 73.9 cm³/mol. The zero-order valence-electron chi connectivity index (χ0n) is 9.65. The molecule has 0 spiro atoms. The van der Waals surface area contributed by atoms with Crippen LogP contribution in [0.15, 0.2) is 42.5 Å². The minimum atomic E-state index is 0. The molecule has 0 aromatic heterocycles. The van der Waals surface area contributed by atoms with Crippen molar-refractivity contribution in [2.45, 2.75) is 11.8 Å². The van der Waals surface area contributed by atoms with Crippen molar-refractivity contribution < 1.29 is 0 Å². The number of halogens is 1. The first-order valence-corrected chi connectivity index (χ1v) is 6.09. The number of piperidine rings is 1. The number of benzene rings is 2. The summed E-state index contributed by atoms with van der Waals surface area (Å²) in [6.07, 6.45) is 1.38. The molecule has 2 aliphatic rings. The molecule has 2 aromatic carbocycles. The van der Waals surface area contributed by atoms with Crippen molar-refractivity contribution >= 4 is 23.2 Å². The predicted octanol–water partition coefficient (Wildman–Crippen LogP) is 3.12. The molecule has 0 radical (unpaired) electrons. The van der Waals surface area contributed by atoms with Crippen molar-refractivity contribution in [2.75, 3.05) is 13.1 Å². The van der Waals surface area contributed by atoms with Crippen molar-refractivity contribution in [3.8, 4) is 0 Å². The monoisotopic (exact) mass is 245 g/mol. The maximum absolute atomic E-state index is 3.53. The van der Waals surface area contributed by atoms with Crippen molar-refractivity contribution in [3.05, 3.63) is 48.0 Å². The van der Waals surface area contributed by atoms with Crippen LogP contribution in [0.5, 0.6) is 0 Å². The fourth-order valence-corrected chi connectivity index (χ4v) is 3.42. The molecule has 1 heterocycles. The van der Waals surface area contributed by atoms with Crippen LogP contribution in [0.1, 0.15) is 12.0 Å². The third-order valence-electron chi connectivity index (χ3n) is 4.39. The lowest BCUT2D eigenvalue weighted by Gasteiger charge is -2.15. The lowest BCUT2D eigenvalue weighted by atomic mass is 9.90. The lowest BCUT2D eigenvalue weighted by Crippen LogP contribution is -2.19. The molecule has 0 amide bonds. The van der Waals surface area contributed by atoms with Gasteiger partial charge in [0, 0.05) is 12.0 Å². The standard InChI is InChI=1S/C15H15N.ClH/c1-2-6-13-11(4-1)5-3-7-14(13)15-8-12(15)9-16-10-15;/h1-7,12,16H,8-10H2;1H/t12-,15-;/m0./s1. The van der Waals surface area contributed by atoms with E-state index in [0.29, 0.717) is 5.41 Å². The smallest absolute Gasteiger partial charge is 0.0128 e. The fourth-order valence-electron chi connectivity index (χ4n) is 3.42. The van der Waals surface area contributed by atoms with Gasteiger partial charge in [-0.1, -0.05) is 42.5 Å². The van der Waals surface area contributed by atoms with Gasteiger partial charge in [0.15, 0.2) is 0 Å². The largest absolute Gasteiger partial charge is 0.316 e. The number of hydrogen-bond donors (Lipinski definition) is 1. The van der Waals surface area contributed by atoms with Crippen LogP contribution in [0.25, 0.3) is 10.8 Å². The number of rotatable bonds is 1. The minimum Gasteiger partial charge on any atom is -0.316 e. The van der Waals surface area contributed by atoms with Gasteiger partial charge < -0.3 is 5.32 Å². The highest BCUT2D eigenvalue weighted by Crippen LogP contribution is 2.57. The highest BCUT2D eigenvalue weighted by molar-refractivity contribution is 5.87. The highest BCUT2D eigenvalue weighted by Gasteiger charge is 2.58. The van der Waals surface area contributed by atoms with Crippen molar-refractivity contribution in [2.24, 2.45) is 5.92 Å². The Morgan fingerprint density at radius 3 is 2.65 bits per heavy atom. The van der Waals surface area contributed by atoms with Gasteiger partial charge in [0.1, 0.15) is 0 Å². The summed E-state index contributed by atoms with van der Waals surface area (Å²) in [6.45, 7) is 2.38. The van der Waals surface area contributed by atoms with Gasteiger partial charge in [-0.3, -0.25) is 0 Å². The Bertz CT molecular complexity index is 560. The number of nitrogens with one attached hydrogen (secondary N) is 1. The molecule has 1 nitrogen and oxygen atoms in total. The molecule has 88 valence electrons. The molecule has 0 bridgehead atoms. The first-order valence-electron chi connectivity index (χ1n) is 6.09. The van der Waals surface area contributed by atoms with E-state index in [-0.39, 0.29) is 12.4 Å². The zero-order valence-corrected chi connectivity index (χ0v) is 10.5. The Kier molecular flexibility index (Phi) is 2.42. The number of fused-ring (bicyclic) bond motifs is 2. The second-order valence-electron chi connectivity index (χ2n) is 5.21. The van der Waals surface area contributed by atoms with Crippen LogP contribution in [0.4, 0.5) is 0 Å². The normalized spacial score (nSPS) is 29.8. The third kappa shape index (κ3) is 1.42. The third-order valence-corrected chi connectivity index (χ3v) is 4.39. The average Bonchev–Trinajstić information content (AvgIpc) is 2.91. The maximum Gasteiger partial charge on any atom is 0.0128 e. The molecule has 1 aliphatic carbocycles. The molecule has 2 aromatic rings. The van der Waals surface area contributed by atoms with Gasteiger partial charge in [-0.2, -0.15) is 0 Å². The second kappa shape index (κ2) is 3.72. The van der Waals surface area contributed by atoms with Crippen molar-refractivity contribution in [1.29, 1.82) is 0 Å². The van der Waals surface area contributed by atoms with Gasteiger partial charge in [-0.25, -0.2) is 0 Å². The van der Waals surface area contributed by atoms with Gasteiger partial charge >= 0.3 is 0 Å². The van der Waals surface area contributed by atoms with Gasteiger partial charge in [0.05, 0.1) is 0 Å². The first kappa shape index (κ1) is 11.1. The van der Waals surface area contributed by atoms with Crippen LogP contribution < -0.4 is 5.32 Å². The van der Waals surface area contributed by atoms with E-state index in [9.17, 15) is 0 Å². The Balaban J connectivity index is 0.000000902. The summed E-state index contributed by atoms with van der Waals surface area (Å²) in [5.41, 5.74) is 2.04. The molecular formula is C15H16ClN. The van der Waals surface area contributed by atoms with Crippen LogP contribution in [0.2, 0.25) is 0 Å². The van der Waals surface area contributed by atoms with E-state index in [2.05, 4.69) is 47.8 Å². The summed E-state index contributed by atoms with van der Waals surface area (Å²) < 4.78 is 0. The molecule has 1 saturated heterocycles. The van der Waals surface area contributed by atoms with Crippen LogP contribution in [0, 0.1) is 5.92 Å². The van der Waals surface area contributed by atoms with Crippen molar-refractivity contribution in [1.82, 2.24) is 5.32 Å². The maximum atomic E-state index is 3.53. The molecule has 1 aliphatic heterocycles. The first-order chi connectivity index (χ1) is 7.90. The van der Waals surface area contributed by atoms with E-state index in [1.54, 1.807) is 5.56 Å².